The van der Waals surface area contributed by atoms with Gasteiger partial charge < -0.3 is 9.84 Å². The van der Waals surface area contributed by atoms with Crippen LogP contribution in [0.15, 0.2) is 42.5 Å². The van der Waals surface area contributed by atoms with Crippen LogP contribution in [0.25, 0.3) is 0 Å². The van der Waals surface area contributed by atoms with Gasteiger partial charge in [-0.25, -0.2) is 4.79 Å². The van der Waals surface area contributed by atoms with Crippen LogP contribution in [0.1, 0.15) is 31.8 Å². The van der Waals surface area contributed by atoms with E-state index < -0.39 is 5.97 Å². The number of Topliss-reactive ketones (excluding diaryl/α,β-unsaturated/α-hetero) is 1. The third kappa shape index (κ3) is 3.48. The first-order chi connectivity index (χ1) is 9.99. The number of aryl methyl sites for hydroxylation is 2. The molecule has 1 N–H and O–H groups in total. The number of carbonyl (C=O) groups excluding carboxylic acids is 2. The van der Waals surface area contributed by atoms with E-state index in [9.17, 15) is 14.7 Å². The summed E-state index contributed by atoms with van der Waals surface area (Å²) in [5.74, 6) is -1.15. The second kappa shape index (κ2) is 6.22. The minimum Gasteiger partial charge on any atom is -0.507 e. The molecule has 2 aromatic carbocycles. The van der Waals surface area contributed by atoms with Crippen LogP contribution >= 0.6 is 0 Å². The molecule has 108 valence electrons. The summed E-state index contributed by atoms with van der Waals surface area (Å²) in [5, 5.41) is 9.55. The summed E-state index contributed by atoms with van der Waals surface area (Å²) in [7, 11) is 0. The van der Waals surface area contributed by atoms with Gasteiger partial charge in [-0.15, -0.1) is 0 Å². The molecule has 21 heavy (non-hydrogen) atoms. The number of esters is 1. The van der Waals surface area contributed by atoms with E-state index in [0.29, 0.717) is 5.56 Å². The first kappa shape index (κ1) is 14.8. The Hall–Kier alpha value is -2.62. The summed E-state index contributed by atoms with van der Waals surface area (Å²) in [6, 6.07) is 11.5. The molecule has 0 heterocycles. The molecule has 0 aliphatic rings. The van der Waals surface area contributed by atoms with Crippen molar-refractivity contribution in [2.45, 2.75) is 13.8 Å². The van der Waals surface area contributed by atoms with E-state index in [2.05, 4.69) is 0 Å². The number of aromatic hydroxyl groups is 1. The number of benzene rings is 2. The highest BCUT2D eigenvalue weighted by Gasteiger charge is 2.15. The Morgan fingerprint density at radius 2 is 1.76 bits per heavy atom. The van der Waals surface area contributed by atoms with E-state index in [1.807, 2.05) is 26.0 Å². The first-order valence-electron chi connectivity index (χ1n) is 6.54. The van der Waals surface area contributed by atoms with Gasteiger partial charge >= 0.3 is 5.97 Å². The van der Waals surface area contributed by atoms with Gasteiger partial charge in [-0.05, 0) is 31.5 Å². The van der Waals surface area contributed by atoms with Crippen LogP contribution < -0.4 is 0 Å². The van der Waals surface area contributed by atoms with Crippen LogP contribution in [-0.2, 0) is 4.74 Å². The van der Waals surface area contributed by atoms with Crippen molar-refractivity contribution >= 4 is 11.8 Å². The molecule has 4 nitrogen and oxygen atoms in total. The molecule has 2 aromatic rings. The van der Waals surface area contributed by atoms with Gasteiger partial charge in [-0.2, -0.15) is 0 Å². The summed E-state index contributed by atoms with van der Waals surface area (Å²) in [4.78, 5) is 23.9. The molecular formula is C17H16O4. The zero-order valence-electron chi connectivity index (χ0n) is 11.9. The standard InChI is InChI=1S/C17H16O4/c1-11-7-8-13(12(2)9-11)16(19)10-21-17(20)14-5-3-4-6-15(14)18/h3-9,18H,10H2,1-2H3. The maximum atomic E-state index is 12.1. The third-order valence-corrected chi connectivity index (χ3v) is 3.14. The highest BCUT2D eigenvalue weighted by atomic mass is 16.5. The summed E-state index contributed by atoms with van der Waals surface area (Å²) in [6.07, 6.45) is 0. The molecule has 4 heteroatoms. The van der Waals surface area contributed by atoms with Crippen molar-refractivity contribution in [3.8, 4) is 5.75 Å². The van der Waals surface area contributed by atoms with Crippen LogP contribution in [-0.4, -0.2) is 23.5 Å². The average molecular weight is 284 g/mol. The van der Waals surface area contributed by atoms with E-state index in [1.165, 1.54) is 12.1 Å². The quantitative estimate of drug-likeness (QED) is 0.692. The Balaban J connectivity index is 2.04. The molecule has 0 saturated heterocycles. The number of hydrogen-bond acceptors (Lipinski definition) is 4. The number of para-hydroxylation sites is 1. The normalized spacial score (nSPS) is 10.2. The Morgan fingerprint density at radius 3 is 2.43 bits per heavy atom. The lowest BCUT2D eigenvalue weighted by molar-refractivity contribution is 0.0471. The Bertz CT molecular complexity index is 689. The Morgan fingerprint density at radius 1 is 1.05 bits per heavy atom. The third-order valence-electron chi connectivity index (χ3n) is 3.14. The van der Waals surface area contributed by atoms with E-state index in [0.717, 1.165) is 11.1 Å². The monoisotopic (exact) mass is 284 g/mol. The summed E-state index contributed by atoms with van der Waals surface area (Å²) < 4.78 is 4.96. The number of ether oxygens (including phenoxy) is 1. The molecular weight excluding hydrogens is 268 g/mol. The maximum absolute atomic E-state index is 12.1. The fraction of sp³-hybridized carbons (Fsp3) is 0.176. The van der Waals surface area contributed by atoms with E-state index in [1.54, 1.807) is 18.2 Å². The molecule has 0 fully saturated rings. The van der Waals surface area contributed by atoms with Crippen molar-refractivity contribution in [3.63, 3.8) is 0 Å². The lowest BCUT2D eigenvalue weighted by atomic mass is 10.0. The van der Waals surface area contributed by atoms with Gasteiger partial charge in [0.1, 0.15) is 11.3 Å². The minimum atomic E-state index is -0.716. The number of hydrogen-bond donors (Lipinski definition) is 1. The second-order valence-corrected chi connectivity index (χ2v) is 4.83. The number of carbonyl (C=O) groups is 2. The average Bonchev–Trinajstić information content (AvgIpc) is 2.45. The molecule has 0 aliphatic heterocycles. The summed E-state index contributed by atoms with van der Waals surface area (Å²) in [5.41, 5.74) is 2.49. The molecule has 0 aliphatic carbocycles. The van der Waals surface area contributed by atoms with Crippen LogP contribution in [0.4, 0.5) is 0 Å². The molecule has 0 radical (unpaired) electrons. The molecule has 0 saturated carbocycles. The molecule has 0 spiro atoms. The number of phenolic OH excluding ortho intramolecular Hbond substituents is 1. The van der Waals surface area contributed by atoms with Crippen LogP contribution in [0.2, 0.25) is 0 Å². The molecule has 0 atom stereocenters. The predicted molar refractivity (Wildman–Crippen MR) is 78.6 cm³/mol. The topological polar surface area (TPSA) is 63.6 Å². The predicted octanol–water partition coefficient (Wildman–Crippen LogP) is 3.05. The fourth-order valence-electron chi connectivity index (χ4n) is 2.06. The molecule has 0 bridgehead atoms. The van der Waals surface area contributed by atoms with Crippen molar-refractivity contribution in [1.82, 2.24) is 0 Å². The van der Waals surface area contributed by atoms with Gasteiger partial charge in [0.05, 0.1) is 0 Å². The van der Waals surface area contributed by atoms with Gasteiger partial charge in [0.2, 0.25) is 5.78 Å². The number of rotatable bonds is 4. The first-order valence-corrected chi connectivity index (χ1v) is 6.54. The van der Waals surface area contributed by atoms with Gasteiger partial charge in [0.15, 0.2) is 6.61 Å². The van der Waals surface area contributed by atoms with Crippen LogP contribution in [0.3, 0.4) is 0 Å². The van der Waals surface area contributed by atoms with Gasteiger partial charge in [0, 0.05) is 5.56 Å². The Kier molecular flexibility index (Phi) is 4.38. The van der Waals surface area contributed by atoms with E-state index in [4.69, 9.17) is 4.74 Å². The molecule has 0 aromatic heterocycles. The zero-order chi connectivity index (χ0) is 15.4. The fourth-order valence-corrected chi connectivity index (χ4v) is 2.06. The molecule has 0 unspecified atom stereocenters. The molecule has 0 amide bonds. The maximum Gasteiger partial charge on any atom is 0.342 e. The smallest absolute Gasteiger partial charge is 0.342 e. The van der Waals surface area contributed by atoms with E-state index in [-0.39, 0.29) is 23.7 Å². The zero-order valence-corrected chi connectivity index (χ0v) is 11.9. The van der Waals surface area contributed by atoms with Crippen LogP contribution in [0.5, 0.6) is 5.75 Å². The van der Waals surface area contributed by atoms with Crippen molar-refractivity contribution in [2.24, 2.45) is 0 Å². The Labute approximate surface area is 123 Å². The van der Waals surface area contributed by atoms with Gasteiger partial charge in [0.25, 0.3) is 0 Å². The van der Waals surface area contributed by atoms with Crippen molar-refractivity contribution in [1.29, 1.82) is 0 Å². The van der Waals surface area contributed by atoms with Gasteiger partial charge in [-0.1, -0.05) is 35.9 Å². The van der Waals surface area contributed by atoms with Crippen molar-refractivity contribution in [3.05, 3.63) is 64.7 Å². The summed E-state index contributed by atoms with van der Waals surface area (Å²) >= 11 is 0. The molecule has 2 rings (SSSR count). The largest absolute Gasteiger partial charge is 0.507 e. The second-order valence-electron chi connectivity index (χ2n) is 4.83. The lowest BCUT2D eigenvalue weighted by Gasteiger charge is -2.08. The van der Waals surface area contributed by atoms with Crippen LogP contribution in [0, 0.1) is 13.8 Å². The SMILES string of the molecule is Cc1ccc(C(=O)COC(=O)c2ccccc2O)c(C)c1. The van der Waals surface area contributed by atoms with E-state index >= 15 is 0 Å². The number of phenols is 1. The van der Waals surface area contributed by atoms with Crippen molar-refractivity contribution < 1.29 is 19.4 Å². The van der Waals surface area contributed by atoms with Crippen molar-refractivity contribution in [2.75, 3.05) is 6.61 Å². The lowest BCUT2D eigenvalue weighted by Crippen LogP contribution is -2.15. The number of ketones is 1. The summed E-state index contributed by atoms with van der Waals surface area (Å²) in [6.45, 7) is 3.43. The highest BCUT2D eigenvalue weighted by molar-refractivity contribution is 6.00. The van der Waals surface area contributed by atoms with Gasteiger partial charge in [-0.3, -0.25) is 4.79 Å². The minimum absolute atomic E-state index is 0.0472. The highest BCUT2D eigenvalue weighted by Crippen LogP contribution is 2.17.